The van der Waals surface area contributed by atoms with Gasteiger partial charge in [-0.3, -0.25) is 0 Å². The van der Waals surface area contributed by atoms with Crippen molar-refractivity contribution in [3.8, 4) is 5.88 Å². The van der Waals surface area contributed by atoms with Crippen molar-refractivity contribution >= 4 is 21.9 Å². The molecule has 0 aliphatic heterocycles. The summed E-state index contributed by atoms with van der Waals surface area (Å²) in [5.41, 5.74) is 1.07. The molecule has 0 fully saturated rings. The molecule has 0 saturated carbocycles. The number of rotatable bonds is 2. The van der Waals surface area contributed by atoms with Crippen LogP contribution in [0.4, 0.5) is 0 Å². The third kappa shape index (κ3) is 2.04. The number of methoxy groups -OCH3 is 2. The van der Waals surface area contributed by atoms with E-state index in [0.717, 1.165) is 5.56 Å². The van der Waals surface area contributed by atoms with E-state index in [4.69, 9.17) is 4.74 Å². The van der Waals surface area contributed by atoms with Gasteiger partial charge in [0.05, 0.1) is 18.7 Å². The second-order valence-corrected chi connectivity index (χ2v) is 3.49. The fraction of sp³-hybridized carbons (Fsp3) is 0.333. The van der Waals surface area contributed by atoms with Gasteiger partial charge in [0, 0.05) is 5.56 Å². The molecule has 0 aliphatic rings. The Morgan fingerprint density at radius 2 is 2.14 bits per heavy atom. The second kappa shape index (κ2) is 4.41. The Morgan fingerprint density at radius 1 is 1.50 bits per heavy atom. The number of aryl methyl sites for hydroxylation is 1. The molecule has 0 amide bonds. The maximum absolute atomic E-state index is 11.2. The van der Waals surface area contributed by atoms with Crippen molar-refractivity contribution in [1.29, 1.82) is 0 Å². The van der Waals surface area contributed by atoms with Gasteiger partial charge < -0.3 is 9.47 Å². The van der Waals surface area contributed by atoms with Crippen LogP contribution in [0.1, 0.15) is 16.1 Å². The minimum atomic E-state index is -0.491. The van der Waals surface area contributed by atoms with Crippen molar-refractivity contribution in [3.05, 3.63) is 21.8 Å². The Labute approximate surface area is 90.4 Å². The number of aromatic nitrogens is 1. The van der Waals surface area contributed by atoms with E-state index in [1.807, 2.05) is 6.92 Å². The Bertz CT molecular complexity index is 365. The minimum Gasteiger partial charge on any atom is -0.481 e. The van der Waals surface area contributed by atoms with Gasteiger partial charge in [0.2, 0.25) is 5.88 Å². The van der Waals surface area contributed by atoms with Crippen molar-refractivity contribution in [1.82, 2.24) is 4.98 Å². The molecular weight excluding hydrogens is 250 g/mol. The van der Waals surface area contributed by atoms with Crippen molar-refractivity contribution in [2.45, 2.75) is 6.92 Å². The zero-order chi connectivity index (χ0) is 10.7. The Balaban J connectivity index is 3.24. The van der Waals surface area contributed by atoms with Crippen LogP contribution in [0.15, 0.2) is 10.5 Å². The van der Waals surface area contributed by atoms with Crippen LogP contribution < -0.4 is 4.74 Å². The second-order valence-electron chi connectivity index (χ2n) is 2.64. The number of carbonyl (C=O) groups excluding carboxylic acids is 1. The lowest BCUT2D eigenvalue weighted by molar-refractivity contribution is 0.0592. The van der Waals surface area contributed by atoms with E-state index < -0.39 is 5.97 Å². The first kappa shape index (κ1) is 11.0. The summed E-state index contributed by atoms with van der Waals surface area (Å²) >= 11 is 3.23. The number of carbonyl (C=O) groups is 1. The first-order chi connectivity index (χ1) is 6.60. The van der Waals surface area contributed by atoms with E-state index in [9.17, 15) is 4.79 Å². The summed E-state index contributed by atoms with van der Waals surface area (Å²) in [5, 5.41) is 0. The normalized spacial score (nSPS) is 9.71. The maximum atomic E-state index is 11.2. The summed E-state index contributed by atoms with van der Waals surface area (Å²) < 4.78 is 10.2. The highest BCUT2D eigenvalue weighted by atomic mass is 79.9. The zero-order valence-electron chi connectivity index (χ0n) is 8.13. The molecular formula is C9H10BrNO3. The van der Waals surface area contributed by atoms with Gasteiger partial charge in [-0.2, -0.15) is 0 Å². The van der Waals surface area contributed by atoms with E-state index in [1.54, 1.807) is 6.07 Å². The molecule has 0 aliphatic carbocycles. The van der Waals surface area contributed by atoms with Gasteiger partial charge in [-0.25, -0.2) is 9.78 Å². The molecule has 5 heteroatoms. The van der Waals surface area contributed by atoms with Gasteiger partial charge in [-0.15, -0.1) is 0 Å². The first-order valence-corrected chi connectivity index (χ1v) is 4.69. The van der Waals surface area contributed by atoms with Crippen LogP contribution in [0, 0.1) is 6.92 Å². The number of esters is 1. The van der Waals surface area contributed by atoms with Crippen LogP contribution in [0.25, 0.3) is 0 Å². The quantitative estimate of drug-likeness (QED) is 0.762. The van der Waals surface area contributed by atoms with Crippen LogP contribution in [0.3, 0.4) is 0 Å². The Morgan fingerprint density at radius 3 is 2.64 bits per heavy atom. The average molecular weight is 260 g/mol. The monoisotopic (exact) mass is 259 g/mol. The molecule has 0 radical (unpaired) electrons. The molecule has 1 rings (SSSR count). The van der Waals surface area contributed by atoms with Crippen LogP contribution >= 0.6 is 15.9 Å². The summed E-state index contributed by atoms with van der Waals surface area (Å²) in [6, 6.07) is 1.76. The first-order valence-electron chi connectivity index (χ1n) is 3.89. The van der Waals surface area contributed by atoms with Crippen molar-refractivity contribution in [2.24, 2.45) is 0 Å². The number of ether oxygens (including phenoxy) is 2. The smallest absolute Gasteiger partial charge is 0.357 e. The minimum absolute atomic E-state index is 0.218. The van der Waals surface area contributed by atoms with Crippen LogP contribution in [-0.2, 0) is 4.74 Å². The highest BCUT2D eigenvalue weighted by Gasteiger charge is 2.15. The van der Waals surface area contributed by atoms with E-state index >= 15 is 0 Å². The summed E-state index contributed by atoms with van der Waals surface area (Å²) in [7, 11) is 2.81. The number of pyridine rings is 1. The Hall–Kier alpha value is -1.10. The summed E-state index contributed by atoms with van der Waals surface area (Å²) in [5.74, 6) is -0.0659. The van der Waals surface area contributed by atoms with Crippen molar-refractivity contribution < 1.29 is 14.3 Å². The third-order valence-corrected chi connectivity index (χ3v) is 2.30. The third-order valence-electron chi connectivity index (χ3n) is 1.69. The zero-order valence-corrected chi connectivity index (χ0v) is 9.71. The number of hydrogen-bond donors (Lipinski definition) is 0. The summed E-state index contributed by atoms with van der Waals surface area (Å²) in [4.78, 5) is 15.3. The fourth-order valence-electron chi connectivity index (χ4n) is 1.01. The van der Waals surface area contributed by atoms with Crippen LogP contribution in [0.5, 0.6) is 5.88 Å². The molecule has 1 aromatic rings. The molecule has 76 valence electrons. The van der Waals surface area contributed by atoms with Gasteiger partial charge in [-0.05, 0) is 28.9 Å². The largest absolute Gasteiger partial charge is 0.481 e. The lowest BCUT2D eigenvalue weighted by Gasteiger charge is -2.07. The molecule has 14 heavy (non-hydrogen) atoms. The maximum Gasteiger partial charge on any atom is 0.357 e. The lowest BCUT2D eigenvalue weighted by atomic mass is 10.2. The predicted molar refractivity (Wildman–Crippen MR) is 54.6 cm³/mol. The molecule has 0 saturated heterocycles. The van der Waals surface area contributed by atoms with Crippen molar-refractivity contribution in [2.75, 3.05) is 14.2 Å². The number of halogens is 1. The highest BCUT2D eigenvalue weighted by Crippen LogP contribution is 2.23. The standard InChI is InChI=1S/C9H10BrNO3/c1-5-4-6(10)7(9(12)14-3)11-8(5)13-2/h4H,1-3H3. The van der Waals surface area contributed by atoms with Gasteiger partial charge in [-0.1, -0.05) is 0 Å². The number of hydrogen-bond acceptors (Lipinski definition) is 4. The molecule has 0 unspecified atom stereocenters. The van der Waals surface area contributed by atoms with Gasteiger partial charge >= 0.3 is 5.97 Å². The van der Waals surface area contributed by atoms with Gasteiger partial charge in [0.25, 0.3) is 0 Å². The van der Waals surface area contributed by atoms with E-state index in [2.05, 4.69) is 25.7 Å². The highest BCUT2D eigenvalue weighted by molar-refractivity contribution is 9.10. The summed E-state index contributed by atoms with van der Waals surface area (Å²) in [6.45, 7) is 1.84. The average Bonchev–Trinajstić information content (AvgIpc) is 2.17. The molecule has 0 atom stereocenters. The molecule has 0 N–H and O–H groups in total. The predicted octanol–water partition coefficient (Wildman–Crippen LogP) is 1.95. The Kier molecular flexibility index (Phi) is 3.46. The molecule has 4 nitrogen and oxygen atoms in total. The topological polar surface area (TPSA) is 48.4 Å². The van der Waals surface area contributed by atoms with E-state index in [0.29, 0.717) is 10.4 Å². The molecule has 0 aromatic carbocycles. The SMILES string of the molecule is COC(=O)c1nc(OC)c(C)cc1Br. The fourth-order valence-corrected chi connectivity index (χ4v) is 1.60. The van der Waals surface area contributed by atoms with Gasteiger partial charge in [0.15, 0.2) is 5.69 Å². The lowest BCUT2D eigenvalue weighted by Crippen LogP contribution is -2.07. The van der Waals surface area contributed by atoms with E-state index in [-0.39, 0.29) is 5.69 Å². The molecule has 0 bridgehead atoms. The van der Waals surface area contributed by atoms with Crippen LogP contribution in [0.2, 0.25) is 0 Å². The van der Waals surface area contributed by atoms with E-state index in [1.165, 1.54) is 14.2 Å². The molecule has 0 spiro atoms. The van der Waals surface area contributed by atoms with Crippen molar-refractivity contribution in [3.63, 3.8) is 0 Å². The number of nitrogens with zero attached hydrogens (tertiary/aromatic N) is 1. The molecule has 1 aromatic heterocycles. The summed E-state index contributed by atoms with van der Waals surface area (Å²) in [6.07, 6.45) is 0. The van der Waals surface area contributed by atoms with Crippen LogP contribution in [-0.4, -0.2) is 25.2 Å². The van der Waals surface area contributed by atoms with Gasteiger partial charge in [0.1, 0.15) is 0 Å². The molecule has 1 heterocycles.